The van der Waals surface area contributed by atoms with Gasteiger partial charge in [-0.15, -0.1) is 0 Å². The van der Waals surface area contributed by atoms with Crippen molar-refractivity contribution in [2.75, 3.05) is 0 Å². The molecule has 0 radical (unpaired) electrons. The van der Waals surface area contributed by atoms with Gasteiger partial charge >= 0.3 is 0 Å². The van der Waals surface area contributed by atoms with E-state index in [0.717, 1.165) is 5.56 Å². The molecule has 15 heavy (non-hydrogen) atoms. The molecule has 0 unspecified atom stereocenters. The molecular formula is C12H17ClFN. The van der Waals surface area contributed by atoms with Crippen LogP contribution in [0.4, 0.5) is 4.39 Å². The van der Waals surface area contributed by atoms with Gasteiger partial charge in [0, 0.05) is 10.6 Å². The van der Waals surface area contributed by atoms with E-state index in [9.17, 15) is 4.39 Å². The summed E-state index contributed by atoms with van der Waals surface area (Å²) in [5.41, 5.74) is 7.46. The van der Waals surface area contributed by atoms with Crippen molar-refractivity contribution in [1.82, 2.24) is 0 Å². The van der Waals surface area contributed by atoms with Gasteiger partial charge in [0.1, 0.15) is 5.82 Å². The van der Waals surface area contributed by atoms with Crippen LogP contribution < -0.4 is 5.73 Å². The van der Waals surface area contributed by atoms with Gasteiger partial charge < -0.3 is 5.73 Å². The second kappa shape index (κ2) is 4.11. The first-order valence-corrected chi connectivity index (χ1v) is 5.33. The number of hydrogen-bond acceptors (Lipinski definition) is 1. The number of benzene rings is 1. The Kier molecular flexibility index (Phi) is 3.41. The molecule has 0 aliphatic carbocycles. The molecule has 1 aromatic rings. The van der Waals surface area contributed by atoms with E-state index < -0.39 is 5.54 Å². The van der Waals surface area contributed by atoms with Crippen LogP contribution in [0.1, 0.15) is 30.5 Å². The first-order valence-electron chi connectivity index (χ1n) is 4.95. The zero-order valence-corrected chi connectivity index (χ0v) is 10.4. The van der Waals surface area contributed by atoms with Crippen molar-refractivity contribution < 1.29 is 4.39 Å². The standard InChI is InChI=1S/C12H17ClFN/c1-7-5-10(13)8(2)9(11(7)14)6-12(3,4)15/h5H,6,15H2,1-4H3. The van der Waals surface area contributed by atoms with Crippen LogP contribution in [0, 0.1) is 19.7 Å². The first-order chi connectivity index (χ1) is 6.72. The van der Waals surface area contributed by atoms with Gasteiger partial charge in [-0.1, -0.05) is 11.6 Å². The Bertz CT molecular complexity index is 354. The predicted octanol–water partition coefficient (Wildman–Crippen LogP) is 3.38. The SMILES string of the molecule is Cc1cc(Cl)c(C)c(CC(C)(C)N)c1F. The minimum absolute atomic E-state index is 0.185. The van der Waals surface area contributed by atoms with Gasteiger partial charge in [0.2, 0.25) is 0 Å². The largest absolute Gasteiger partial charge is 0.325 e. The first kappa shape index (κ1) is 12.5. The summed E-state index contributed by atoms with van der Waals surface area (Å²) in [6, 6.07) is 1.65. The highest BCUT2D eigenvalue weighted by atomic mass is 35.5. The lowest BCUT2D eigenvalue weighted by atomic mass is 9.91. The molecule has 0 aliphatic rings. The summed E-state index contributed by atoms with van der Waals surface area (Å²) < 4.78 is 13.9. The number of rotatable bonds is 2. The number of nitrogens with two attached hydrogens (primary N) is 1. The summed E-state index contributed by atoms with van der Waals surface area (Å²) in [4.78, 5) is 0. The third kappa shape index (κ3) is 2.93. The highest BCUT2D eigenvalue weighted by molar-refractivity contribution is 6.31. The highest BCUT2D eigenvalue weighted by Crippen LogP contribution is 2.27. The summed E-state index contributed by atoms with van der Waals surface area (Å²) in [5.74, 6) is -0.185. The number of hydrogen-bond donors (Lipinski definition) is 1. The van der Waals surface area contributed by atoms with Crippen LogP contribution in [0.3, 0.4) is 0 Å². The Balaban J connectivity index is 3.27. The topological polar surface area (TPSA) is 26.0 Å². The maximum absolute atomic E-state index is 13.9. The summed E-state index contributed by atoms with van der Waals surface area (Å²) in [6.07, 6.45) is 0.492. The summed E-state index contributed by atoms with van der Waals surface area (Å²) in [5, 5.41) is 0.605. The van der Waals surface area contributed by atoms with Crippen LogP contribution in [0.2, 0.25) is 5.02 Å². The Morgan fingerprint density at radius 2 is 1.93 bits per heavy atom. The molecule has 3 heteroatoms. The van der Waals surface area contributed by atoms with Gasteiger partial charge in [0.05, 0.1) is 0 Å². The fourth-order valence-corrected chi connectivity index (χ4v) is 1.85. The Morgan fingerprint density at radius 1 is 1.40 bits per heavy atom. The smallest absolute Gasteiger partial charge is 0.129 e. The van der Waals surface area contributed by atoms with Gasteiger partial charge in [-0.3, -0.25) is 0 Å². The van der Waals surface area contributed by atoms with Crippen molar-refractivity contribution in [2.24, 2.45) is 5.73 Å². The van der Waals surface area contributed by atoms with E-state index in [4.69, 9.17) is 17.3 Å². The van der Waals surface area contributed by atoms with E-state index in [1.54, 1.807) is 13.0 Å². The average molecular weight is 230 g/mol. The molecule has 0 aliphatic heterocycles. The predicted molar refractivity (Wildman–Crippen MR) is 62.9 cm³/mol. The van der Waals surface area contributed by atoms with Crippen LogP contribution in [0.15, 0.2) is 6.07 Å². The molecule has 84 valence electrons. The lowest BCUT2D eigenvalue weighted by molar-refractivity contribution is 0.494. The Labute approximate surface area is 95.4 Å². The lowest BCUT2D eigenvalue weighted by Crippen LogP contribution is -2.35. The van der Waals surface area contributed by atoms with Gasteiger partial charge in [0.25, 0.3) is 0 Å². The van der Waals surface area contributed by atoms with Crippen LogP contribution in [0.25, 0.3) is 0 Å². The monoisotopic (exact) mass is 229 g/mol. The normalized spacial score (nSPS) is 11.9. The van der Waals surface area contributed by atoms with Crippen LogP contribution in [0.5, 0.6) is 0 Å². The van der Waals surface area contributed by atoms with Crippen molar-refractivity contribution >= 4 is 11.6 Å². The summed E-state index contributed by atoms with van der Waals surface area (Å²) in [7, 11) is 0. The molecule has 0 heterocycles. The summed E-state index contributed by atoms with van der Waals surface area (Å²) >= 11 is 6.01. The Morgan fingerprint density at radius 3 is 2.40 bits per heavy atom. The molecule has 0 bridgehead atoms. The second-order valence-corrected chi connectivity index (χ2v) is 5.17. The quantitative estimate of drug-likeness (QED) is 0.827. The molecule has 0 fully saturated rings. The van der Waals surface area contributed by atoms with Crippen molar-refractivity contribution in [1.29, 1.82) is 0 Å². The van der Waals surface area contributed by atoms with E-state index in [1.807, 2.05) is 20.8 Å². The molecule has 1 aromatic carbocycles. The van der Waals surface area contributed by atoms with Gasteiger partial charge in [-0.25, -0.2) is 4.39 Å². The minimum atomic E-state index is -0.428. The molecular weight excluding hydrogens is 213 g/mol. The molecule has 1 rings (SSSR count). The third-order valence-electron chi connectivity index (χ3n) is 2.40. The molecule has 2 N–H and O–H groups in total. The van der Waals surface area contributed by atoms with Gasteiger partial charge in [-0.05, 0) is 56.9 Å². The van der Waals surface area contributed by atoms with Crippen LogP contribution in [-0.2, 0) is 6.42 Å². The van der Waals surface area contributed by atoms with E-state index in [2.05, 4.69) is 0 Å². The Hall–Kier alpha value is -0.600. The molecule has 0 atom stereocenters. The summed E-state index contributed by atoms with van der Waals surface area (Å²) in [6.45, 7) is 7.30. The minimum Gasteiger partial charge on any atom is -0.325 e. The van der Waals surface area contributed by atoms with Crippen LogP contribution >= 0.6 is 11.6 Å². The third-order valence-corrected chi connectivity index (χ3v) is 2.79. The maximum Gasteiger partial charge on any atom is 0.129 e. The van der Waals surface area contributed by atoms with Crippen LogP contribution in [-0.4, -0.2) is 5.54 Å². The van der Waals surface area contributed by atoms with E-state index in [-0.39, 0.29) is 5.82 Å². The molecule has 0 amide bonds. The van der Waals surface area contributed by atoms with Gasteiger partial charge in [-0.2, -0.15) is 0 Å². The zero-order chi connectivity index (χ0) is 11.8. The second-order valence-electron chi connectivity index (χ2n) is 4.76. The average Bonchev–Trinajstić information content (AvgIpc) is 2.08. The number of halogens is 2. The van der Waals surface area contributed by atoms with E-state index in [1.165, 1.54) is 0 Å². The molecule has 0 spiro atoms. The molecule has 0 saturated heterocycles. The lowest BCUT2D eigenvalue weighted by Gasteiger charge is -2.21. The van der Waals surface area contributed by atoms with Crippen molar-refractivity contribution in [3.8, 4) is 0 Å². The fraction of sp³-hybridized carbons (Fsp3) is 0.500. The molecule has 1 nitrogen and oxygen atoms in total. The highest BCUT2D eigenvalue weighted by Gasteiger charge is 2.19. The fourth-order valence-electron chi connectivity index (χ4n) is 1.57. The molecule has 0 saturated carbocycles. The van der Waals surface area contributed by atoms with E-state index >= 15 is 0 Å². The zero-order valence-electron chi connectivity index (χ0n) is 9.62. The van der Waals surface area contributed by atoms with Crippen molar-refractivity contribution in [3.05, 3.63) is 33.6 Å². The van der Waals surface area contributed by atoms with E-state index in [0.29, 0.717) is 22.6 Å². The van der Waals surface area contributed by atoms with Gasteiger partial charge in [0.15, 0.2) is 0 Å². The van der Waals surface area contributed by atoms with Crippen molar-refractivity contribution in [3.63, 3.8) is 0 Å². The number of aryl methyl sites for hydroxylation is 1. The van der Waals surface area contributed by atoms with Crippen molar-refractivity contribution in [2.45, 2.75) is 39.7 Å². The molecule has 0 aromatic heterocycles. The maximum atomic E-state index is 13.9.